The van der Waals surface area contributed by atoms with Crippen LogP contribution in [0.3, 0.4) is 0 Å². The molecule has 3 rings (SSSR count). The second kappa shape index (κ2) is 8.16. The van der Waals surface area contributed by atoms with E-state index in [2.05, 4.69) is 10.3 Å². The van der Waals surface area contributed by atoms with Crippen molar-refractivity contribution in [3.05, 3.63) is 51.5 Å². The normalized spacial score (nSPS) is 10.9. The lowest BCUT2D eigenvalue weighted by Gasteiger charge is -2.08. The van der Waals surface area contributed by atoms with E-state index in [1.165, 1.54) is 17.4 Å². The number of anilines is 1. The number of carbonyl (C=O) groups is 1. The van der Waals surface area contributed by atoms with E-state index < -0.39 is 0 Å². The molecular weight excluding hydrogens is 368 g/mol. The molecule has 2 aromatic heterocycles. The molecule has 0 aliphatic heterocycles. The van der Waals surface area contributed by atoms with Crippen molar-refractivity contribution in [3.8, 4) is 22.8 Å². The molecule has 0 spiro atoms. The molecule has 0 radical (unpaired) electrons. The van der Waals surface area contributed by atoms with Crippen LogP contribution in [0.5, 0.6) is 11.5 Å². The van der Waals surface area contributed by atoms with Crippen molar-refractivity contribution in [1.29, 1.82) is 0 Å². The molecule has 1 N–H and O–H groups in total. The number of thiophene rings is 1. The molecule has 0 aliphatic carbocycles. The topological polar surface area (TPSA) is 60.5 Å². The minimum Gasteiger partial charge on any atom is -0.497 e. The number of ether oxygens (including phenoxy) is 2. The predicted octanol–water partition coefficient (Wildman–Crippen LogP) is 4.85. The largest absolute Gasteiger partial charge is 0.497 e. The first-order chi connectivity index (χ1) is 12.6. The molecule has 0 fully saturated rings. The Kier molecular flexibility index (Phi) is 5.70. The van der Waals surface area contributed by atoms with Crippen LogP contribution in [0.2, 0.25) is 0 Å². The van der Waals surface area contributed by atoms with Crippen molar-refractivity contribution in [2.24, 2.45) is 0 Å². The van der Waals surface area contributed by atoms with Gasteiger partial charge in [0.15, 0.2) is 5.13 Å². The van der Waals surface area contributed by atoms with E-state index in [1.807, 2.05) is 48.0 Å². The number of nitrogens with zero attached hydrogens (tertiary/aromatic N) is 1. The number of rotatable bonds is 6. The Hall–Kier alpha value is -2.64. The summed E-state index contributed by atoms with van der Waals surface area (Å²) in [4.78, 5) is 17.7. The number of aromatic nitrogens is 1. The van der Waals surface area contributed by atoms with Gasteiger partial charge in [-0.2, -0.15) is 0 Å². The van der Waals surface area contributed by atoms with E-state index in [0.717, 1.165) is 21.7 Å². The standard InChI is InChI=1S/C19H18N2O3S2/c1-12-8-9-25-17(12)6-7-18(22)21-19-20-15(11-26-19)14-10-13(23-2)4-5-16(14)24-3/h4-11H,1-3H3,(H,20,21,22)/b7-6+. The maximum Gasteiger partial charge on any atom is 0.250 e. The van der Waals surface area contributed by atoms with Gasteiger partial charge in [-0.15, -0.1) is 22.7 Å². The zero-order valence-electron chi connectivity index (χ0n) is 14.6. The van der Waals surface area contributed by atoms with Crippen molar-refractivity contribution >= 4 is 39.8 Å². The summed E-state index contributed by atoms with van der Waals surface area (Å²) in [5.41, 5.74) is 2.69. The molecule has 3 aromatic rings. The summed E-state index contributed by atoms with van der Waals surface area (Å²) in [6, 6.07) is 7.54. The minimum absolute atomic E-state index is 0.212. The Morgan fingerprint density at radius 2 is 2.04 bits per heavy atom. The monoisotopic (exact) mass is 386 g/mol. The summed E-state index contributed by atoms with van der Waals surface area (Å²) in [7, 11) is 3.22. The first-order valence-electron chi connectivity index (χ1n) is 7.82. The third-order valence-electron chi connectivity index (χ3n) is 3.70. The van der Waals surface area contributed by atoms with E-state index in [-0.39, 0.29) is 5.91 Å². The summed E-state index contributed by atoms with van der Waals surface area (Å²) in [5.74, 6) is 1.20. The summed E-state index contributed by atoms with van der Waals surface area (Å²) < 4.78 is 10.7. The Balaban J connectivity index is 1.75. The molecule has 0 atom stereocenters. The van der Waals surface area contributed by atoms with Gasteiger partial charge in [0.1, 0.15) is 11.5 Å². The summed E-state index contributed by atoms with van der Waals surface area (Å²) in [6.45, 7) is 2.02. The molecule has 1 aromatic carbocycles. The quantitative estimate of drug-likeness (QED) is 0.615. The second-order valence-corrected chi connectivity index (χ2v) is 7.20. The number of amides is 1. The highest BCUT2D eigenvalue weighted by molar-refractivity contribution is 7.14. The number of hydrogen-bond acceptors (Lipinski definition) is 6. The SMILES string of the molecule is COc1ccc(OC)c(-c2csc(NC(=O)/C=C/c3sccc3C)n2)c1. The van der Waals surface area contributed by atoms with Gasteiger partial charge >= 0.3 is 0 Å². The van der Waals surface area contributed by atoms with Gasteiger partial charge in [-0.25, -0.2) is 4.98 Å². The Morgan fingerprint density at radius 3 is 2.73 bits per heavy atom. The van der Waals surface area contributed by atoms with Gasteiger partial charge in [-0.1, -0.05) is 0 Å². The van der Waals surface area contributed by atoms with Gasteiger partial charge in [-0.3, -0.25) is 10.1 Å². The number of nitrogens with one attached hydrogen (secondary N) is 1. The molecule has 1 amide bonds. The predicted molar refractivity (Wildman–Crippen MR) is 107 cm³/mol. The third kappa shape index (κ3) is 4.12. The molecule has 0 saturated carbocycles. The molecule has 26 heavy (non-hydrogen) atoms. The molecule has 7 heteroatoms. The Bertz CT molecular complexity index is 944. The average Bonchev–Trinajstić information content (AvgIpc) is 3.28. The number of methoxy groups -OCH3 is 2. The van der Waals surface area contributed by atoms with E-state index in [9.17, 15) is 4.79 Å². The average molecular weight is 386 g/mol. The van der Waals surface area contributed by atoms with Crippen molar-refractivity contribution in [1.82, 2.24) is 4.98 Å². The highest BCUT2D eigenvalue weighted by Gasteiger charge is 2.12. The van der Waals surface area contributed by atoms with Crippen LogP contribution in [0, 0.1) is 6.92 Å². The fraction of sp³-hybridized carbons (Fsp3) is 0.158. The van der Waals surface area contributed by atoms with Gasteiger partial charge in [0, 0.05) is 21.9 Å². The number of benzene rings is 1. The van der Waals surface area contributed by atoms with Crippen LogP contribution in [0.15, 0.2) is 41.1 Å². The van der Waals surface area contributed by atoms with Crippen molar-refractivity contribution in [2.45, 2.75) is 6.92 Å². The first kappa shape index (κ1) is 18.2. The lowest BCUT2D eigenvalue weighted by Crippen LogP contribution is -2.07. The fourth-order valence-corrected chi connectivity index (χ4v) is 3.86. The lowest BCUT2D eigenvalue weighted by molar-refractivity contribution is -0.111. The van der Waals surface area contributed by atoms with Crippen LogP contribution in [-0.4, -0.2) is 25.1 Å². The van der Waals surface area contributed by atoms with Gasteiger partial charge in [0.2, 0.25) is 5.91 Å². The molecule has 0 aliphatic rings. The summed E-state index contributed by atoms with van der Waals surface area (Å²) >= 11 is 2.96. The number of carbonyl (C=O) groups excluding carboxylic acids is 1. The Morgan fingerprint density at radius 1 is 1.19 bits per heavy atom. The fourth-order valence-electron chi connectivity index (χ4n) is 2.32. The van der Waals surface area contributed by atoms with Crippen LogP contribution < -0.4 is 14.8 Å². The molecule has 134 valence electrons. The number of thiazole rings is 1. The molecular formula is C19H18N2O3S2. The van der Waals surface area contributed by atoms with Crippen LogP contribution in [0.4, 0.5) is 5.13 Å². The zero-order chi connectivity index (χ0) is 18.5. The molecule has 2 heterocycles. The smallest absolute Gasteiger partial charge is 0.250 e. The maximum absolute atomic E-state index is 12.1. The van der Waals surface area contributed by atoms with Crippen molar-refractivity contribution in [2.75, 3.05) is 19.5 Å². The highest BCUT2D eigenvalue weighted by atomic mass is 32.1. The molecule has 0 bridgehead atoms. The maximum atomic E-state index is 12.1. The van der Waals surface area contributed by atoms with Gasteiger partial charge < -0.3 is 9.47 Å². The van der Waals surface area contributed by atoms with Gasteiger partial charge in [-0.05, 0) is 48.2 Å². The zero-order valence-corrected chi connectivity index (χ0v) is 16.2. The Labute approximate surface area is 159 Å². The van der Waals surface area contributed by atoms with E-state index >= 15 is 0 Å². The van der Waals surface area contributed by atoms with Crippen molar-refractivity contribution in [3.63, 3.8) is 0 Å². The molecule has 0 saturated heterocycles. The first-order valence-corrected chi connectivity index (χ1v) is 9.57. The lowest BCUT2D eigenvalue weighted by atomic mass is 10.1. The van der Waals surface area contributed by atoms with Crippen LogP contribution in [-0.2, 0) is 4.79 Å². The molecule has 5 nitrogen and oxygen atoms in total. The van der Waals surface area contributed by atoms with Crippen LogP contribution >= 0.6 is 22.7 Å². The summed E-state index contributed by atoms with van der Waals surface area (Å²) in [5, 5.41) is 7.20. The molecule has 0 unspecified atom stereocenters. The van der Waals surface area contributed by atoms with E-state index in [0.29, 0.717) is 16.6 Å². The van der Waals surface area contributed by atoms with Crippen LogP contribution in [0.25, 0.3) is 17.3 Å². The minimum atomic E-state index is -0.212. The van der Waals surface area contributed by atoms with E-state index in [4.69, 9.17) is 9.47 Å². The number of hydrogen-bond donors (Lipinski definition) is 1. The third-order valence-corrected chi connectivity index (χ3v) is 5.45. The van der Waals surface area contributed by atoms with Crippen LogP contribution in [0.1, 0.15) is 10.4 Å². The second-order valence-electron chi connectivity index (χ2n) is 5.39. The van der Waals surface area contributed by atoms with E-state index in [1.54, 1.807) is 25.6 Å². The van der Waals surface area contributed by atoms with Gasteiger partial charge in [0.05, 0.1) is 19.9 Å². The van der Waals surface area contributed by atoms with Crippen molar-refractivity contribution < 1.29 is 14.3 Å². The van der Waals surface area contributed by atoms with Gasteiger partial charge in [0.25, 0.3) is 0 Å². The summed E-state index contributed by atoms with van der Waals surface area (Å²) in [6.07, 6.45) is 3.33. The number of aryl methyl sites for hydroxylation is 1. The highest BCUT2D eigenvalue weighted by Crippen LogP contribution is 2.35.